The van der Waals surface area contributed by atoms with Crippen LogP contribution in [0.2, 0.25) is 0 Å². The fraction of sp³-hybridized carbons (Fsp3) is 0.867. The van der Waals surface area contributed by atoms with Crippen molar-refractivity contribution in [1.82, 2.24) is 23.7 Å². The Bertz CT molecular complexity index is 672. The normalized spacial score (nSPS) is 26.4. The lowest BCUT2D eigenvalue weighted by Gasteiger charge is -2.35. The molecule has 1 aromatic rings. The molecule has 2 bridgehead atoms. The summed E-state index contributed by atoms with van der Waals surface area (Å²) >= 11 is 0. The van der Waals surface area contributed by atoms with E-state index in [9.17, 15) is 8.42 Å². The first-order valence-electron chi connectivity index (χ1n) is 8.51. The van der Waals surface area contributed by atoms with Gasteiger partial charge in [-0.05, 0) is 18.8 Å². The predicted octanol–water partition coefficient (Wildman–Crippen LogP) is 0.896. The van der Waals surface area contributed by atoms with Crippen molar-refractivity contribution < 1.29 is 12.8 Å². The van der Waals surface area contributed by atoms with Crippen molar-refractivity contribution in [1.29, 1.82) is 0 Å². The van der Waals surface area contributed by atoms with Gasteiger partial charge in [0.2, 0.25) is 11.8 Å². The van der Waals surface area contributed by atoms with Gasteiger partial charge in [-0.1, -0.05) is 13.8 Å². The molecule has 2 atom stereocenters. The van der Waals surface area contributed by atoms with Crippen LogP contribution in [0.5, 0.6) is 0 Å². The van der Waals surface area contributed by atoms with E-state index in [2.05, 4.69) is 15.1 Å². The highest BCUT2D eigenvalue weighted by molar-refractivity contribution is 7.86. The van der Waals surface area contributed by atoms with Gasteiger partial charge in [-0.3, -0.25) is 4.90 Å². The molecule has 0 aliphatic carbocycles. The van der Waals surface area contributed by atoms with Gasteiger partial charge in [0.1, 0.15) is 0 Å². The summed E-state index contributed by atoms with van der Waals surface area (Å²) in [4.78, 5) is 2.30. The number of piperidine rings is 1. The van der Waals surface area contributed by atoms with Crippen LogP contribution in [-0.2, 0) is 16.8 Å². The molecular formula is C15H27N5O3S. The fourth-order valence-corrected chi connectivity index (χ4v) is 4.71. The topological polar surface area (TPSA) is 82.8 Å². The minimum Gasteiger partial charge on any atom is -0.424 e. The SMILES string of the molecule is CC(C)c1nnc(CN2C[C@@H]3CC[C@H]2CN(S(=O)(=O)N(C)C)C3)o1. The summed E-state index contributed by atoms with van der Waals surface area (Å²) in [6.45, 7) is 6.64. The van der Waals surface area contributed by atoms with Crippen molar-refractivity contribution in [2.75, 3.05) is 33.7 Å². The quantitative estimate of drug-likeness (QED) is 0.778. The molecule has 0 aromatic carbocycles. The van der Waals surface area contributed by atoms with Crippen LogP contribution in [0.4, 0.5) is 0 Å². The lowest BCUT2D eigenvalue weighted by molar-refractivity contribution is 0.113. The molecule has 0 radical (unpaired) electrons. The largest absolute Gasteiger partial charge is 0.424 e. The highest BCUT2D eigenvalue weighted by Crippen LogP contribution is 2.30. The summed E-state index contributed by atoms with van der Waals surface area (Å²) in [5.41, 5.74) is 0. The lowest BCUT2D eigenvalue weighted by atomic mass is 9.95. The maximum absolute atomic E-state index is 12.5. The second-order valence-corrected chi connectivity index (χ2v) is 9.46. The van der Waals surface area contributed by atoms with Gasteiger partial charge >= 0.3 is 0 Å². The minimum atomic E-state index is -3.36. The first kappa shape index (κ1) is 17.8. The third-order valence-corrected chi connectivity index (χ3v) is 6.77. The number of rotatable bonds is 5. The first-order valence-corrected chi connectivity index (χ1v) is 9.91. The summed E-state index contributed by atoms with van der Waals surface area (Å²) in [5, 5.41) is 8.23. The number of hydrogen-bond donors (Lipinski definition) is 0. The van der Waals surface area contributed by atoms with Crippen LogP contribution in [0.3, 0.4) is 0 Å². The van der Waals surface area contributed by atoms with Crippen LogP contribution in [0.1, 0.15) is 44.4 Å². The lowest BCUT2D eigenvalue weighted by Crippen LogP contribution is -2.45. The van der Waals surface area contributed by atoms with E-state index in [-0.39, 0.29) is 12.0 Å². The number of fused-ring (bicyclic) bond motifs is 4. The molecule has 0 N–H and O–H groups in total. The molecule has 3 saturated heterocycles. The molecule has 0 amide bonds. The Morgan fingerprint density at radius 2 is 1.96 bits per heavy atom. The second-order valence-electron chi connectivity index (χ2n) is 7.32. The zero-order valence-corrected chi connectivity index (χ0v) is 15.7. The van der Waals surface area contributed by atoms with Gasteiger partial charge in [-0.2, -0.15) is 17.0 Å². The molecule has 3 fully saturated rings. The van der Waals surface area contributed by atoms with E-state index in [1.54, 1.807) is 18.4 Å². The Morgan fingerprint density at radius 3 is 2.58 bits per heavy atom. The zero-order valence-electron chi connectivity index (χ0n) is 14.8. The number of nitrogens with zero attached hydrogens (tertiary/aromatic N) is 5. The number of aromatic nitrogens is 2. The summed E-state index contributed by atoms with van der Waals surface area (Å²) in [5.74, 6) is 1.84. The molecule has 136 valence electrons. The average molecular weight is 357 g/mol. The molecule has 8 nitrogen and oxygen atoms in total. The maximum Gasteiger partial charge on any atom is 0.281 e. The summed E-state index contributed by atoms with van der Waals surface area (Å²) in [7, 11) is -0.186. The van der Waals surface area contributed by atoms with Gasteiger partial charge in [0, 0.05) is 45.7 Å². The van der Waals surface area contributed by atoms with Crippen molar-refractivity contribution in [2.45, 2.75) is 45.2 Å². The van der Waals surface area contributed by atoms with Gasteiger partial charge in [0.05, 0.1) is 6.54 Å². The first-order chi connectivity index (χ1) is 11.3. The Morgan fingerprint density at radius 1 is 1.21 bits per heavy atom. The average Bonchev–Trinajstić information content (AvgIpc) is 2.78. The fourth-order valence-electron chi connectivity index (χ4n) is 3.49. The molecule has 3 aliphatic heterocycles. The standard InChI is InChI=1S/C15H27N5O3S/c1-11(2)15-17-16-14(23-15)10-19-7-12-5-6-13(19)9-20(8-12)24(21,22)18(3)4/h11-13H,5-10H2,1-4H3/t12-,13-/m0/s1. The van der Waals surface area contributed by atoms with Crippen LogP contribution in [0, 0.1) is 5.92 Å². The van der Waals surface area contributed by atoms with Gasteiger partial charge in [-0.25, -0.2) is 0 Å². The van der Waals surface area contributed by atoms with Crippen molar-refractivity contribution >= 4 is 10.2 Å². The molecule has 24 heavy (non-hydrogen) atoms. The van der Waals surface area contributed by atoms with Crippen molar-refractivity contribution in [3.05, 3.63) is 11.8 Å². The third kappa shape index (κ3) is 3.49. The van der Waals surface area contributed by atoms with Gasteiger partial charge in [0.15, 0.2) is 0 Å². The van der Waals surface area contributed by atoms with Crippen molar-refractivity contribution in [3.8, 4) is 0 Å². The predicted molar refractivity (Wildman–Crippen MR) is 89.5 cm³/mol. The van der Waals surface area contributed by atoms with E-state index in [0.717, 1.165) is 19.4 Å². The van der Waals surface area contributed by atoms with E-state index in [0.29, 0.717) is 37.3 Å². The van der Waals surface area contributed by atoms with E-state index in [1.165, 1.54) is 4.31 Å². The van der Waals surface area contributed by atoms with Crippen LogP contribution >= 0.6 is 0 Å². The Balaban J connectivity index is 1.73. The number of hydrogen-bond acceptors (Lipinski definition) is 6. The van der Waals surface area contributed by atoms with E-state index in [4.69, 9.17) is 4.42 Å². The van der Waals surface area contributed by atoms with E-state index in [1.807, 2.05) is 13.8 Å². The van der Waals surface area contributed by atoms with Gasteiger partial charge in [-0.15, -0.1) is 10.2 Å². The van der Waals surface area contributed by atoms with Crippen molar-refractivity contribution in [2.24, 2.45) is 5.92 Å². The smallest absolute Gasteiger partial charge is 0.281 e. The highest BCUT2D eigenvalue weighted by atomic mass is 32.2. The zero-order chi connectivity index (χ0) is 17.5. The monoisotopic (exact) mass is 357 g/mol. The molecule has 1 aromatic heterocycles. The molecule has 0 saturated carbocycles. The molecule has 0 spiro atoms. The van der Waals surface area contributed by atoms with Crippen LogP contribution < -0.4 is 0 Å². The summed E-state index contributed by atoms with van der Waals surface area (Å²) in [6, 6.07) is 0.202. The van der Waals surface area contributed by atoms with E-state index < -0.39 is 10.2 Å². The Kier molecular flexibility index (Phi) is 4.96. The van der Waals surface area contributed by atoms with Crippen LogP contribution in [0.15, 0.2) is 4.42 Å². The Hall–Kier alpha value is -1.03. The molecule has 4 heterocycles. The molecule has 4 rings (SSSR count). The third-order valence-electron chi connectivity index (χ3n) is 4.90. The summed E-state index contributed by atoms with van der Waals surface area (Å²) < 4.78 is 33.6. The van der Waals surface area contributed by atoms with Gasteiger partial charge < -0.3 is 4.42 Å². The summed E-state index contributed by atoms with van der Waals surface area (Å²) in [6.07, 6.45) is 2.08. The molecule has 9 heteroatoms. The highest BCUT2D eigenvalue weighted by Gasteiger charge is 2.40. The van der Waals surface area contributed by atoms with Crippen molar-refractivity contribution in [3.63, 3.8) is 0 Å². The van der Waals surface area contributed by atoms with Crippen LogP contribution in [0.25, 0.3) is 0 Å². The van der Waals surface area contributed by atoms with Crippen LogP contribution in [-0.4, -0.2) is 71.9 Å². The molecule has 0 unspecified atom stereocenters. The maximum atomic E-state index is 12.5. The van der Waals surface area contributed by atoms with E-state index >= 15 is 0 Å². The molecular weight excluding hydrogens is 330 g/mol. The second kappa shape index (κ2) is 6.70. The Labute approximate surface area is 144 Å². The molecule has 3 aliphatic rings. The van der Waals surface area contributed by atoms with Gasteiger partial charge in [0.25, 0.3) is 10.2 Å². The minimum absolute atomic E-state index is 0.202.